The van der Waals surface area contributed by atoms with Crippen LogP contribution in [0.15, 0.2) is 29.4 Å². The minimum Gasteiger partial charge on any atom is -0.355 e. The van der Waals surface area contributed by atoms with E-state index in [1.54, 1.807) is 0 Å². The number of imidazole rings is 1. The van der Waals surface area contributed by atoms with Crippen LogP contribution >= 0.6 is 11.8 Å². The van der Waals surface area contributed by atoms with Crippen molar-refractivity contribution in [2.75, 3.05) is 12.3 Å². The Labute approximate surface area is 142 Å². The van der Waals surface area contributed by atoms with E-state index in [1.807, 2.05) is 18.2 Å². The molecule has 1 saturated carbocycles. The predicted molar refractivity (Wildman–Crippen MR) is 95.7 cm³/mol. The summed E-state index contributed by atoms with van der Waals surface area (Å²) in [6.07, 6.45) is 6.51. The van der Waals surface area contributed by atoms with Crippen LogP contribution < -0.4 is 5.32 Å². The molecule has 1 fully saturated rings. The topological polar surface area (TPSA) is 46.9 Å². The lowest BCUT2D eigenvalue weighted by molar-refractivity contribution is -0.118. The molecule has 0 aliphatic heterocycles. The number of aromatic nitrogens is 2. The van der Waals surface area contributed by atoms with Crippen molar-refractivity contribution in [3.63, 3.8) is 0 Å². The third-order valence-electron chi connectivity index (χ3n) is 4.58. The smallest absolute Gasteiger partial charge is 0.230 e. The monoisotopic (exact) mass is 331 g/mol. The summed E-state index contributed by atoms with van der Waals surface area (Å²) in [5.41, 5.74) is 2.14. The highest BCUT2D eigenvalue weighted by Crippen LogP contribution is 2.24. The summed E-state index contributed by atoms with van der Waals surface area (Å²) in [5.74, 6) is 1.24. The summed E-state index contributed by atoms with van der Waals surface area (Å²) in [6, 6.07) is 8.13. The van der Waals surface area contributed by atoms with Gasteiger partial charge in [0.1, 0.15) is 0 Å². The molecule has 0 radical (unpaired) electrons. The second-order valence-corrected chi connectivity index (χ2v) is 7.17. The normalized spacial score (nSPS) is 15.9. The highest BCUT2D eigenvalue weighted by molar-refractivity contribution is 7.99. The minimum atomic E-state index is 0.121. The molecule has 0 saturated heterocycles. The van der Waals surface area contributed by atoms with Crippen LogP contribution in [0.4, 0.5) is 0 Å². The molecule has 124 valence electrons. The molecule has 1 aliphatic carbocycles. The van der Waals surface area contributed by atoms with E-state index in [1.165, 1.54) is 43.9 Å². The van der Waals surface area contributed by atoms with Crippen LogP contribution in [0.3, 0.4) is 0 Å². The summed E-state index contributed by atoms with van der Waals surface area (Å²) in [4.78, 5) is 16.8. The van der Waals surface area contributed by atoms with Gasteiger partial charge in [-0.3, -0.25) is 4.79 Å². The molecular weight excluding hydrogens is 306 g/mol. The summed E-state index contributed by atoms with van der Waals surface area (Å²) < 4.78 is 2.18. The number of benzene rings is 1. The van der Waals surface area contributed by atoms with Crippen LogP contribution in [0.25, 0.3) is 11.0 Å². The van der Waals surface area contributed by atoms with Crippen molar-refractivity contribution in [2.24, 2.45) is 5.92 Å². The van der Waals surface area contributed by atoms with E-state index < -0.39 is 0 Å². The number of nitrogens with zero attached hydrogens (tertiary/aromatic N) is 2. The van der Waals surface area contributed by atoms with Gasteiger partial charge in [-0.15, -0.1) is 0 Å². The molecule has 1 aromatic carbocycles. The molecule has 5 heteroatoms. The first-order chi connectivity index (χ1) is 11.3. The third kappa shape index (κ3) is 4.08. The highest BCUT2D eigenvalue weighted by atomic mass is 32.2. The number of carbonyl (C=O) groups excluding carboxylic acids is 1. The Bertz CT molecular complexity index is 661. The van der Waals surface area contributed by atoms with Gasteiger partial charge in [-0.2, -0.15) is 0 Å². The minimum absolute atomic E-state index is 0.121. The van der Waals surface area contributed by atoms with E-state index in [0.717, 1.165) is 29.3 Å². The number of hydrogen-bond donors (Lipinski definition) is 1. The molecule has 1 aromatic heterocycles. The molecule has 1 N–H and O–H groups in total. The number of thioether (sulfide) groups is 1. The molecule has 23 heavy (non-hydrogen) atoms. The molecular formula is C18H25N3OS. The molecule has 2 aromatic rings. The van der Waals surface area contributed by atoms with Crippen LogP contribution in [-0.4, -0.2) is 27.8 Å². The maximum Gasteiger partial charge on any atom is 0.230 e. The Morgan fingerprint density at radius 3 is 2.87 bits per heavy atom. The maximum atomic E-state index is 12.1. The Balaban J connectivity index is 1.54. The first kappa shape index (κ1) is 16.4. The summed E-state index contributed by atoms with van der Waals surface area (Å²) in [5, 5.41) is 4.03. The van der Waals surface area contributed by atoms with Crippen molar-refractivity contribution in [1.82, 2.24) is 14.9 Å². The lowest BCUT2D eigenvalue weighted by Crippen LogP contribution is -2.31. The van der Waals surface area contributed by atoms with Crippen molar-refractivity contribution >= 4 is 28.7 Å². The average Bonchev–Trinajstić information content (AvgIpc) is 2.96. The fraction of sp³-hybridized carbons (Fsp3) is 0.556. The van der Waals surface area contributed by atoms with Gasteiger partial charge in [-0.1, -0.05) is 43.2 Å². The molecule has 0 atom stereocenters. The van der Waals surface area contributed by atoms with Crippen LogP contribution in [0.5, 0.6) is 0 Å². The number of aryl methyl sites for hydroxylation is 1. The predicted octanol–water partition coefficient (Wildman–Crippen LogP) is 3.84. The van der Waals surface area contributed by atoms with Gasteiger partial charge in [0.25, 0.3) is 0 Å². The van der Waals surface area contributed by atoms with Gasteiger partial charge in [0.2, 0.25) is 5.91 Å². The van der Waals surface area contributed by atoms with Gasteiger partial charge in [0.15, 0.2) is 5.16 Å². The van der Waals surface area contributed by atoms with Gasteiger partial charge < -0.3 is 9.88 Å². The first-order valence-electron chi connectivity index (χ1n) is 8.62. The van der Waals surface area contributed by atoms with Crippen molar-refractivity contribution in [1.29, 1.82) is 0 Å². The van der Waals surface area contributed by atoms with Gasteiger partial charge in [0.05, 0.1) is 16.8 Å². The lowest BCUT2D eigenvalue weighted by atomic mass is 9.89. The molecule has 1 amide bonds. The van der Waals surface area contributed by atoms with Crippen LogP contribution in [0.1, 0.15) is 39.0 Å². The quantitative estimate of drug-likeness (QED) is 0.818. The summed E-state index contributed by atoms with van der Waals surface area (Å²) >= 11 is 1.53. The van der Waals surface area contributed by atoms with E-state index in [9.17, 15) is 4.79 Å². The van der Waals surface area contributed by atoms with Crippen molar-refractivity contribution in [2.45, 2.75) is 50.7 Å². The van der Waals surface area contributed by atoms with Crippen molar-refractivity contribution < 1.29 is 4.79 Å². The van der Waals surface area contributed by atoms with Crippen molar-refractivity contribution in [3.8, 4) is 0 Å². The summed E-state index contributed by atoms with van der Waals surface area (Å²) in [7, 11) is 0. The van der Waals surface area contributed by atoms with Gasteiger partial charge >= 0.3 is 0 Å². The Kier molecular flexibility index (Phi) is 5.60. The Hall–Kier alpha value is -1.49. The van der Waals surface area contributed by atoms with Crippen LogP contribution in [-0.2, 0) is 11.3 Å². The molecule has 4 nitrogen and oxygen atoms in total. The fourth-order valence-corrected chi connectivity index (χ4v) is 4.21. The number of rotatable bonds is 6. The fourth-order valence-electron chi connectivity index (χ4n) is 3.30. The number of hydrogen-bond acceptors (Lipinski definition) is 3. The second-order valence-electron chi connectivity index (χ2n) is 6.22. The van der Waals surface area contributed by atoms with E-state index in [0.29, 0.717) is 11.7 Å². The highest BCUT2D eigenvalue weighted by Gasteiger charge is 2.15. The molecule has 0 spiro atoms. The van der Waals surface area contributed by atoms with Gasteiger partial charge in [0, 0.05) is 13.1 Å². The van der Waals surface area contributed by atoms with E-state index in [2.05, 4.69) is 27.9 Å². The Morgan fingerprint density at radius 1 is 1.30 bits per heavy atom. The number of carbonyl (C=O) groups is 1. The SMILES string of the molecule is CCn1c(SCC(=O)NCC2CCCCC2)nc2ccccc21. The first-order valence-corrected chi connectivity index (χ1v) is 9.61. The van der Waals surface area contributed by atoms with Gasteiger partial charge in [-0.25, -0.2) is 4.98 Å². The van der Waals surface area contributed by atoms with Crippen molar-refractivity contribution in [3.05, 3.63) is 24.3 Å². The second kappa shape index (κ2) is 7.86. The molecule has 1 aliphatic rings. The lowest BCUT2D eigenvalue weighted by Gasteiger charge is -2.21. The van der Waals surface area contributed by atoms with E-state index in [4.69, 9.17) is 0 Å². The zero-order valence-corrected chi connectivity index (χ0v) is 14.6. The maximum absolute atomic E-state index is 12.1. The molecule has 3 rings (SSSR count). The van der Waals surface area contributed by atoms with E-state index in [-0.39, 0.29) is 5.91 Å². The van der Waals surface area contributed by atoms with Crippen LogP contribution in [0, 0.1) is 5.92 Å². The van der Waals surface area contributed by atoms with E-state index >= 15 is 0 Å². The number of nitrogens with one attached hydrogen (secondary N) is 1. The largest absolute Gasteiger partial charge is 0.355 e. The third-order valence-corrected chi connectivity index (χ3v) is 5.56. The van der Waals surface area contributed by atoms with Crippen LogP contribution in [0.2, 0.25) is 0 Å². The van der Waals surface area contributed by atoms with Gasteiger partial charge in [-0.05, 0) is 37.8 Å². The molecule has 1 heterocycles. The zero-order chi connectivity index (χ0) is 16.1. The standard InChI is InChI=1S/C18H25N3OS/c1-2-21-16-11-7-6-10-15(16)20-18(21)23-13-17(22)19-12-14-8-4-3-5-9-14/h6-7,10-11,14H,2-5,8-9,12-13H2,1H3,(H,19,22). The average molecular weight is 331 g/mol. The number of fused-ring (bicyclic) bond motifs is 1. The number of amides is 1. The summed E-state index contributed by atoms with van der Waals surface area (Å²) in [6.45, 7) is 3.82. The number of para-hydroxylation sites is 2. The molecule has 0 bridgehead atoms. The molecule has 0 unspecified atom stereocenters. The Morgan fingerprint density at radius 2 is 2.09 bits per heavy atom. The zero-order valence-electron chi connectivity index (χ0n) is 13.8.